The van der Waals surface area contributed by atoms with Crippen molar-refractivity contribution in [3.05, 3.63) is 167 Å². The Labute approximate surface area is 281 Å². The fourth-order valence-corrected chi connectivity index (χ4v) is 6.16. The van der Waals surface area contributed by atoms with Gasteiger partial charge in [0.1, 0.15) is 0 Å². The number of allylic oxidation sites excluding steroid dienone is 3. The molecule has 0 aliphatic heterocycles. The smallest absolute Gasteiger partial charge is 0.0417 e. The van der Waals surface area contributed by atoms with Gasteiger partial charge in [0.15, 0.2) is 0 Å². The zero-order chi connectivity index (χ0) is 32.8. The summed E-state index contributed by atoms with van der Waals surface area (Å²) < 4.78 is 0. The third kappa shape index (κ3) is 8.18. The number of anilines is 1. The first-order valence-electron chi connectivity index (χ1n) is 17.2. The Morgan fingerprint density at radius 2 is 1.26 bits per heavy atom. The van der Waals surface area contributed by atoms with Gasteiger partial charge in [-0.2, -0.15) is 0 Å². The van der Waals surface area contributed by atoms with Crippen LogP contribution in [0.15, 0.2) is 151 Å². The number of nitrogens with zero attached hydrogens (tertiary/aromatic N) is 1. The molecule has 6 aromatic carbocycles. The molecule has 0 atom stereocenters. The van der Waals surface area contributed by atoms with Crippen LogP contribution in [0.2, 0.25) is 0 Å². The van der Waals surface area contributed by atoms with Gasteiger partial charge in [0.05, 0.1) is 0 Å². The van der Waals surface area contributed by atoms with Crippen LogP contribution in [0.25, 0.3) is 50.9 Å². The van der Waals surface area contributed by atoms with E-state index in [1.54, 1.807) is 0 Å². The summed E-state index contributed by atoms with van der Waals surface area (Å²) in [5.74, 6) is 0. The normalized spacial score (nSPS) is 12.5. The number of benzene rings is 6. The van der Waals surface area contributed by atoms with Gasteiger partial charge < -0.3 is 4.90 Å². The topological polar surface area (TPSA) is 3.24 Å². The van der Waals surface area contributed by atoms with Crippen molar-refractivity contribution in [1.29, 1.82) is 0 Å². The molecule has 0 amide bonds. The SMILES string of the molecule is C/C=c1/cccc/c1=C/CN(/C(=C/C=C/c1cccc2ccccc12)CCCC)c1ccc(-c2cccc3ccccc23)cc1.CC. The van der Waals surface area contributed by atoms with Gasteiger partial charge in [0, 0.05) is 17.9 Å². The molecule has 0 bridgehead atoms. The van der Waals surface area contributed by atoms with Crippen molar-refractivity contribution >= 4 is 45.5 Å². The Bertz CT molecular complexity index is 2070. The first-order chi connectivity index (χ1) is 23.2. The molecule has 0 saturated carbocycles. The van der Waals surface area contributed by atoms with Crippen molar-refractivity contribution in [3.63, 3.8) is 0 Å². The standard InChI is InChI=1S/C44H41N.C2H6/c1-3-5-23-40(24-13-21-37-20-12-19-36-17-8-10-25-42(36)37)45(33-32-35-16-7-6-15-34(35)4-2)41-30-28-39(29-31-41)44-27-14-22-38-18-9-11-26-43(38)44;1-2/h4,6-22,24-32H,3,5,23,33H2,1-2H3;1-2H3/b21-13+,34-4-,35-32-,40-24+;. The van der Waals surface area contributed by atoms with Crippen molar-refractivity contribution < 1.29 is 0 Å². The van der Waals surface area contributed by atoms with Gasteiger partial charge in [0.2, 0.25) is 0 Å². The van der Waals surface area contributed by atoms with Crippen molar-refractivity contribution in [2.24, 2.45) is 0 Å². The van der Waals surface area contributed by atoms with E-state index in [1.165, 1.54) is 60.1 Å². The molecule has 0 heterocycles. The molecule has 0 unspecified atom stereocenters. The molecule has 1 heteroatoms. The Morgan fingerprint density at radius 3 is 1.98 bits per heavy atom. The van der Waals surface area contributed by atoms with E-state index in [0.29, 0.717) is 0 Å². The molecule has 6 aromatic rings. The summed E-state index contributed by atoms with van der Waals surface area (Å²) in [6.07, 6.45) is 14.7. The van der Waals surface area contributed by atoms with E-state index in [-0.39, 0.29) is 0 Å². The Morgan fingerprint density at radius 1 is 0.638 bits per heavy atom. The number of rotatable bonds is 10. The highest BCUT2D eigenvalue weighted by atomic mass is 15.1. The second kappa shape index (κ2) is 17.0. The van der Waals surface area contributed by atoms with E-state index < -0.39 is 0 Å². The lowest BCUT2D eigenvalue weighted by molar-refractivity contribution is 0.762. The summed E-state index contributed by atoms with van der Waals surface area (Å²) >= 11 is 0. The lowest BCUT2D eigenvalue weighted by Crippen LogP contribution is -2.28. The van der Waals surface area contributed by atoms with Gasteiger partial charge in [-0.15, -0.1) is 0 Å². The van der Waals surface area contributed by atoms with Gasteiger partial charge in [-0.1, -0.05) is 173 Å². The number of hydrogen-bond donors (Lipinski definition) is 0. The zero-order valence-corrected chi connectivity index (χ0v) is 28.4. The zero-order valence-electron chi connectivity index (χ0n) is 28.4. The van der Waals surface area contributed by atoms with Crippen LogP contribution in [0, 0.1) is 0 Å². The minimum atomic E-state index is 0.788. The molecule has 6 rings (SSSR count). The maximum atomic E-state index is 2.49. The molecule has 1 nitrogen and oxygen atoms in total. The number of unbranched alkanes of at least 4 members (excludes halogenated alkanes) is 1. The lowest BCUT2D eigenvalue weighted by Gasteiger charge is -2.27. The van der Waals surface area contributed by atoms with Crippen LogP contribution in [0.4, 0.5) is 5.69 Å². The summed E-state index contributed by atoms with van der Waals surface area (Å²) in [4.78, 5) is 2.49. The van der Waals surface area contributed by atoms with Gasteiger partial charge >= 0.3 is 0 Å². The second-order valence-electron chi connectivity index (χ2n) is 11.5. The fourth-order valence-electron chi connectivity index (χ4n) is 6.16. The van der Waals surface area contributed by atoms with Crippen molar-refractivity contribution in [3.8, 4) is 11.1 Å². The summed E-state index contributed by atoms with van der Waals surface area (Å²) in [6, 6.07) is 48.1. The molecule has 0 radical (unpaired) electrons. The average molecular weight is 614 g/mol. The monoisotopic (exact) mass is 613 g/mol. The summed E-state index contributed by atoms with van der Waals surface area (Å²) in [5, 5.41) is 7.62. The third-order valence-electron chi connectivity index (χ3n) is 8.60. The fraction of sp³-hybridized carbons (Fsp3) is 0.174. The molecule has 0 spiro atoms. The van der Waals surface area contributed by atoms with Crippen LogP contribution in [-0.4, -0.2) is 6.54 Å². The van der Waals surface area contributed by atoms with Crippen LogP contribution in [0.1, 0.15) is 52.5 Å². The molecule has 0 aliphatic carbocycles. The van der Waals surface area contributed by atoms with Crippen LogP contribution >= 0.6 is 0 Å². The Balaban J connectivity index is 0.00000213. The first kappa shape index (κ1) is 33.2. The highest BCUT2D eigenvalue weighted by molar-refractivity contribution is 5.96. The molecule has 0 aliphatic rings. The largest absolute Gasteiger partial charge is 0.341 e. The quantitative estimate of drug-likeness (QED) is 0.139. The van der Waals surface area contributed by atoms with Gasteiger partial charge in [0.25, 0.3) is 0 Å². The van der Waals surface area contributed by atoms with E-state index in [4.69, 9.17) is 0 Å². The average Bonchev–Trinajstić information content (AvgIpc) is 3.14. The second-order valence-corrected chi connectivity index (χ2v) is 11.5. The number of hydrogen-bond acceptors (Lipinski definition) is 1. The lowest BCUT2D eigenvalue weighted by atomic mass is 9.98. The molecule has 236 valence electrons. The molecular formula is C46H47N. The van der Waals surface area contributed by atoms with Gasteiger partial charge in [-0.05, 0) is 86.6 Å². The van der Waals surface area contributed by atoms with Crippen LogP contribution in [0.5, 0.6) is 0 Å². The van der Waals surface area contributed by atoms with E-state index in [9.17, 15) is 0 Å². The molecule has 0 fully saturated rings. The Hall–Kier alpha value is -5.14. The van der Waals surface area contributed by atoms with Crippen LogP contribution in [0.3, 0.4) is 0 Å². The maximum absolute atomic E-state index is 2.49. The minimum absolute atomic E-state index is 0.788. The molecule has 0 N–H and O–H groups in total. The summed E-state index contributed by atoms with van der Waals surface area (Å²) in [5.41, 5.74) is 6.27. The third-order valence-corrected chi connectivity index (χ3v) is 8.60. The van der Waals surface area contributed by atoms with E-state index in [0.717, 1.165) is 25.8 Å². The summed E-state index contributed by atoms with van der Waals surface area (Å²) in [6.45, 7) is 9.17. The van der Waals surface area contributed by atoms with E-state index >= 15 is 0 Å². The van der Waals surface area contributed by atoms with Crippen LogP contribution in [-0.2, 0) is 0 Å². The molecule has 47 heavy (non-hydrogen) atoms. The Kier molecular flexibility index (Phi) is 12.0. The van der Waals surface area contributed by atoms with E-state index in [2.05, 4.69) is 183 Å². The summed E-state index contributed by atoms with van der Waals surface area (Å²) in [7, 11) is 0. The molecule has 0 aromatic heterocycles. The van der Waals surface area contributed by atoms with Crippen LogP contribution < -0.4 is 15.3 Å². The minimum Gasteiger partial charge on any atom is -0.341 e. The van der Waals surface area contributed by atoms with Crippen molar-refractivity contribution in [2.45, 2.75) is 47.0 Å². The molecular weight excluding hydrogens is 567 g/mol. The molecule has 0 saturated heterocycles. The predicted molar refractivity (Wildman–Crippen MR) is 209 cm³/mol. The van der Waals surface area contributed by atoms with Crippen molar-refractivity contribution in [1.82, 2.24) is 0 Å². The number of fused-ring (bicyclic) bond motifs is 2. The highest BCUT2D eigenvalue weighted by Crippen LogP contribution is 2.31. The van der Waals surface area contributed by atoms with Gasteiger partial charge in [-0.3, -0.25) is 0 Å². The van der Waals surface area contributed by atoms with E-state index in [1.807, 2.05) is 13.8 Å². The highest BCUT2D eigenvalue weighted by Gasteiger charge is 2.12. The first-order valence-corrected chi connectivity index (χ1v) is 17.2. The van der Waals surface area contributed by atoms with Crippen molar-refractivity contribution in [2.75, 3.05) is 11.4 Å². The maximum Gasteiger partial charge on any atom is 0.0417 e. The van der Waals surface area contributed by atoms with Gasteiger partial charge in [-0.25, -0.2) is 0 Å². The predicted octanol–water partition coefficient (Wildman–Crippen LogP) is 11.6.